The zero-order valence-corrected chi connectivity index (χ0v) is 16.8. The number of carbonyl (C=O) groups is 2. The largest absolute Gasteiger partial charge is 0.479 e. The number of nitriles is 1. The number of nitrogens with one attached hydrogen (secondary N) is 2. The van der Waals surface area contributed by atoms with Gasteiger partial charge in [0.2, 0.25) is 5.76 Å². The number of aromatic nitrogens is 3. The summed E-state index contributed by atoms with van der Waals surface area (Å²) in [5, 5.41) is 22.0. The second-order valence-corrected chi connectivity index (χ2v) is 6.70. The van der Waals surface area contributed by atoms with Crippen LogP contribution < -0.4 is 15.4 Å². The minimum absolute atomic E-state index is 0.131. The number of imide groups is 1. The van der Waals surface area contributed by atoms with Crippen LogP contribution in [0.3, 0.4) is 0 Å². The lowest BCUT2D eigenvalue weighted by Gasteiger charge is -2.13. The van der Waals surface area contributed by atoms with E-state index < -0.39 is 11.9 Å². The maximum absolute atomic E-state index is 12.0. The number of halogens is 1. The van der Waals surface area contributed by atoms with Gasteiger partial charge >= 0.3 is 6.03 Å². The van der Waals surface area contributed by atoms with Crippen molar-refractivity contribution in [2.45, 2.75) is 19.5 Å². The Morgan fingerprint density at radius 1 is 1.37 bits per heavy atom. The smallest absolute Gasteiger partial charge is 0.322 e. The summed E-state index contributed by atoms with van der Waals surface area (Å²) in [6, 6.07) is 9.12. The first kappa shape index (κ1) is 20.9. The summed E-state index contributed by atoms with van der Waals surface area (Å²) >= 11 is 6.07. The average molecular weight is 429 g/mol. The van der Waals surface area contributed by atoms with Crippen molar-refractivity contribution < 1.29 is 18.8 Å². The molecule has 0 spiro atoms. The van der Waals surface area contributed by atoms with Gasteiger partial charge in [-0.2, -0.15) is 10.4 Å². The van der Waals surface area contributed by atoms with Gasteiger partial charge in [-0.05, 0) is 30.3 Å². The van der Waals surface area contributed by atoms with E-state index in [1.165, 1.54) is 13.2 Å². The molecule has 0 unspecified atom stereocenters. The standard InChI is InChI=1S/C19H17ClN6O4/c1-11(22-19(28)23-18(27)16-8-17(29-2)25-30-16)10-26-6-5-15(24-26)12-3-4-13(9-21)14(20)7-12/h3-8,11H,10H2,1-2H3,(H2,22,23,27,28)/t11-/m0/s1. The SMILES string of the molecule is COc1cc(C(=O)NC(=O)N[C@@H](C)Cn2ccc(-c3ccc(C#N)c(Cl)c3)n2)on1. The molecule has 10 nitrogen and oxygen atoms in total. The molecule has 0 saturated heterocycles. The van der Waals surface area contributed by atoms with Gasteiger partial charge in [0, 0.05) is 17.8 Å². The molecule has 0 radical (unpaired) electrons. The summed E-state index contributed by atoms with van der Waals surface area (Å²) in [5.41, 5.74) is 1.83. The van der Waals surface area contributed by atoms with E-state index in [0.717, 1.165) is 5.56 Å². The van der Waals surface area contributed by atoms with Gasteiger partial charge in [-0.15, -0.1) is 0 Å². The molecule has 154 valence electrons. The number of ether oxygens (including phenoxy) is 1. The van der Waals surface area contributed by atoms with Gasteiger partial charge in [0.25, 0.3) is 11.8 Å². The maximum atomic E-state index is 12.0. The Morgan fingerprint density at radius 3 is 2.83 bits per heavy atom. The van der Waals surface area contributed by atoms with Crippen molar-refractivity contribution in [3.63, 3.8) is 0 Å². The van der Waals surface area contributed by atoms with Crippen molar-refractivity contribution in [3.05, 3.63) is 52.9 Å². The van der Waals surface area contributed by atoms with Crippen molar-refractivity contribution in [3.8, 4) is 23.2 Å². The minimum Gasteiger partial charge on any atom is -0.479 e. The third-order valence-corrected chi connectivity index (χ3v) is 4.33. The molecular formula is C19H17ClN6O4. The van der Waals surface area contributed by atoms with Crippen LogP contribution in [0, 0.1) is 11.3 Å². The highest BCUT2D eigenvalue weighted by Gasteiger charge is 2.17. The topological polar surface area (TPSA) is 135 Å². The summed E-state index contributed by atoms with van der Waals surface area (Å²) in [7, 11) is 1.38. The molecule has 0 aliphatic rings. The molecule has 0 aliphatic heterocycles. The number of hydrogen-bond acceptors (Lipinski definition) is 7. The van der Waals surface area contributed by atoms with E-state index in [2.05, 4.69) is 20.9 Å². The van der Waals surface area contributed by atoms with Gasteiger partial charge in [-0.25, -0.2) is 4.79 Å². The second-order valence-electron chi connectivity index (χ2n) is 6.29. The first-order valence-corrected chi connectivity index (χ1v) is 9.13. The predicted molar refractivity (Wildman–Crippen MR) is 106 cm³/mol. The molecule has 2 heterocycles. The van der Waals surface area contributed by atoms with Crippen molar-refractivity contribution in [1.82, 2.24) is 25.6 Å². The van der Waals surface area contributed by atoms with Crippen LogP contribution >= 0.6 is 11.6 Å². The first-order valence-electron chi connectivity index (χ1n) is 8.75. The quantitative estimate of drug-likeness (QED) is 0.615. The fourth-order valence-electron chi connectivity index (χ4n) is 2.60. The van der Waals surface area contributed by atoms with Crippen LogP contribution in [0.5, 0.6) is 5.88 Å². The number of benzene rings is 1. The lowest BCUT2D eigenvalue weighted by atomic mass is 10.1. The highest BCUT2D eigenvalue weighted by atomic mass is 35.5. The third-order valence-electron chi connectivity index (χ3n) is 4.01. The van der Waals surface area contributed by atoms with Crippen LogP contribution in [-0.2, 0) is 6.54 Å². The molecule has 3 rings (SSSR count). The van der Waals surface area contributed by atoms with Gasteiger partial charge in [0.1, 0.15) is 6.07 Å². The lowest BCUT2D eigenvalue weighted by Crippen LogP contribution is -2.44. The van der Waals surface area contributed by atoms with E-state index in [1.807, 2.05) is 6.07 Å². The van der Waals surface area contributed by atoms with Crippen LogP contribution in [0.15, 0.2) is 41.1 Å². The van der Waals surface area contributed by atoms with E-state index in [-0.39, 0.29) is 17.7 Å². The average Bonchev–Trinajstić information content (AvgIpc) is 3.37. The van der Waals surface area contributed by atoms with Crippen LogP contribution in [-0.4, -0.2) is 40.0 Å². The summed E-state index contributed by atoms with van der Waals surface area (Å²) in [6.45, 7) is 2.13. The van der Waals surface area contributed by atoms with Crippen LogP contribution in [0.4, 0.5) is 4.79 Å². The van der Waals surface area contributed by atoms with E-state index in [0.29, 0.717) is 22.8 Å². The molecular weight excluding hydrogens is 412 g/mol. The zero-order valence-electron chi connectivity index (χ0n) is 16.0. The van der Waals surface area contributed by atoms with Gasteiger partial charge < -0.3 is 14.6 Å². The number of hydrogen-bond donors (Lipinski definition) is 2. The normalized spacial score (nSPS) is 11.4. The number of carbonyl (C=O) groups excluding carboxylic acids is 2. The summed E-state index contributed by atoms with van der Waals surface area (Å²) in [6.07, 6.45) is 1.75. The van der Waals surface area contributed by atoms with Crippen molar-refractivity contribution in [2.75, 3.05) is 7.11 Å². The predicted octanol–water partition coefficient (Wildman–Crippen LogP) is 2.60. The van der Waals surface area contributed by atoms with Crippen molar-refractivity contribution in [2.24, 2.45) is 0 Å². The Balaban J connectivity index is 1.55. The van der Waals surface area contributed by atoms with Gasteiger partial charge in [0.05, 0.1) is 36.0 Å². The summed E-state index contributed by atoms with van der Waals surface area (Å²) in [4.78, 5) is 24.0. The maximum Gasteiger partial charge on any atom is 0.322 e. The highest BCUT2D eigenvalue weighted by Crippen LogP contribution is 2.24. The summed E-state index contributed by atoms with van der Waals surface area (Å²) in [5.74, 6) is -0.756. The number of methoxy groups -OCH3 is 1. The van der Waals surface area contributed by atoms with Crippen LogP contribution in [0.1, 0.15) is 23.0 Å². The molecule has 2 N–H and O–H groups in total. The van der Waals surface area contributed by atoms with Crippen LogP contribution in [0.25, 0.3) is 11.3 Å². The van der Waals surface area contributed by atoms with E-state index in [4.69, 9.17) is 26.1 Å². The fourth-order valence-corrected chi connectivity index (χ4v) is 2.82. The Hall–Kier alpha value is -3.84. The molecule has 0 aliphatic carbocycles. The van der Waals surface area contributed by atoms with E-state index >= 15 is 0 Å². The zero-order chi connectivity index (χ0) is 21.7. The second kappa shape index (κ2) is 9.11. The number of urea groups is 1. The van der Waals surface area contributed by atoms with Crippen LogP contribution in [0.2, 0.25) is 5.02 Å². The Bertz CT molecular complexity index is 1120. The number of amides is 3. The Morgan fingerprint density at radius 2 is 2.17 bits per heavy atom. The molecule has 30 heavy (non-hydrogen) atoms. The molecule has 1 aromatic carbocycles. The highest BCUT2D eigenvalue weighted by molar-refractivity contribution is 6.32. The van der Waals surface area contributed by atoms with Crippen molar-refractivity contribution >= 4 is 23.5 Å². The third kappa shape index (κ3) is 4.95. The molecule has 3 amide bonds. The van der Waals surface area contributed by atoms with E-state index in [1.54, 1.807) is 42.1 Å². The molecule has 3 aromatic rings. The molecule has 0 saturated carbocycles. The Labute approximate surface area is 176 Å². The number of rotatable bonds is 6. The van der Waals surface area contributed by atoms with Gasteiger partial charge in [0.15, 0.2) is 0 Å². The molecule has 0 fully saturated rings. The minimum atomic E-state index is -0.741. The fraction of sp³-hybridized carbons (Fsp3) is 0.211. The monoisotopic (exact) mass is 428 g/mol. The molecule has 1 atom stereocenters. The molecule has 11 heteroatoms. The van der Waals surface area contributed by atoms with Gasteiger partial charge in [-0.1, -0.05) is 17.7 Å². The van der Waals surface area contributed by atoms with E-state index in [9.17, 15) is 9.59 Å². The summed E-state index contributed by atoms with van der Waals surface area (Å²) < 4.78 is 11.2. The van der Waals surface area contributed by atoms with Gasteiger partial charge in [-0.3, -0.25) is 14.8 Å². The molecule has 0 bridgehead atoms. The lowest BCUT2D eigenvalue weighted by molar-refractivity contribution is 0.0926. The molecule has 2 aromatic heterocycles. The number of nitrogens with zero attached hydrogens (tertiary/aromatic N) is 4. The van der Waals surface area contributed by atoms with Crippen molar-refractivity contribution in [1.29, 1.82) is 5.26 Å². The Kier molecular flexibility index (Phi) is 6.34. The first-order chi connectivity index (χ1) is 14.4.